The molecule has 0 radical (unpaired) electrons. The molecular weight excluding hydrogens is 512 g/mol. The summed E-state index contributed by atoms with van der Waals surface area (Å²) in [5.74, 6) is 0.353. The van der Waals surface area contributed by atoms with Crippen molar-refractivity contribution < 1.29 is 14.3 Å². The predicted octanol–water partition coefficient (Wildman–Crippen LogP) is 5.94. The summed E-state index contributed by atoms with van der Waals surface area (Å²) in [6, 6.07) is 5.14. The SMILES string of the molecule is C=CC(=C)N[C@H]1CCCC[C@H]1NC(=O)c1sc2nccc3c2c1NC(=O)N3c1ccc(OC2CCC2)nc1C. The molecule has 39 heavy (non-hydrogen) atoms. The summed E-state index contributed by atoms with van der Waals surface area (Å²) < 4.78 is 5.94. The van der Waals surface area contributed by atoms with Gasteiger partial charge in [-0.05, 0) is 57.2 Å². The van der Waals surface area contributed by atoms with E-state index < -0.39 is 0 Å². The highest BCUT2D eigenvalue weighted by Crippen LogP contribution is 2.46. The molecule has 4 heterocycles. The van der Waals surface area contributed by atoms with E-state index in [1.807, 2.05) is 19.1 Å². The fourth-order valence-corrected chi connectivity index (χ4v) is 6.51. The first kappa shape index (κ1) is 25.4. The van der Waals surface area contributed by atoms with E-state index in [4.69, 9.17) is 4.74 Å². The summed E-state index contributed by atoms with van der Waals surface area (Å²) in [4.78, 5) is 39.0. The fraction of sp³-hybridized carbons (Fsp3) is 0.379. The number of carbonyl (C=O) groups excluding carboxylic acids is 2. The standard InChI is InChI=1S/C29H32N6O3S/c1-4-16(2)31-19-10-5-6-11-20(19)33-27(36)26-25-24-22(14-15-30-28(24)39-26)35(29(37)34-25)21-12-13-23(32-17(21)3)38-18-8-7-9-18/h4,12-15,18-20,31H,1-2,5-11H2,3H3,(H,33,36)(H,34,37)/t19-,20+/m0/s1. The molecule has 3 N–H and O–H groups in total. The van der Waals surface area contributed by atoms with Gasteiger partial charge in [0, 0.05) is 30.0 Å². The molecule has 2 fully saturated rings. The number of anilines is 3. The maximum absolute atomic E-state index is 13.6. The number of urea groups is 1. The fourth-order valence-electron chi connectivity index (χ4n) is 5.48. The van der Waals surface area contributed by atoms with Crippen LogP contribution < -0.4 is 25.6 Å². The van der Waals surface area contributed by atoms with Gasteiger partial charge in [-0.1, -0.05) is 26.0 Å². The lowest BCUT2D eigenvalue weighted by Crippen LogP contribution is -2.51. The molecule has 0 saturated heterocycles. The van der Waals surface area contributed by atoms with Gasteiger partial charge in [-0.2, -0.15) is 0 Å². The number of hydrogen-bond donors (Lipinski definition) is 3. The summed E-state index contributed by atoms with van der Waals surface area (Å²) in [7, 11) is 0. The van der Waals surface area contributed by atoms with Gasteiger partial charge in [0.05, 0.1) is 28.1 Å². The monoisotopic (exact) mass is 544 g/mol. The summed E-state index contributed by atoms with van der Waals surface area (Å²) in [6.45, 7) is 9.61. The largest absolute Gasteiger partial charge is 0.474 e. The number of ether oxygens (including phenoxy) is 1. The van der Waals surface area contributed by atoms with E-state index in [-0.39, 0.29) is 30.1 Å². The number of aromatic nitrogens is 2. The van der Waals surface area contributed by atoms with Crippen LogP contribution in [0, 0.1) is 6.92 Å². The molecule has 3 aliphatic rings. The van der Waals surface area contributed by atoms with E-state index in [1.165, 1.54) is 17.8 Å². The molecule has 2 aliphatic carbocycles. The average molecular weight is 545 g/mol. The number of allylic oxidation sites excluding steroid dienone is 1. The van der Waals surface area contributed by atoms with E-state index in [2.05, 4.69) is 39.1 Å². The summed E-state index contributed by atoms with van der Waals surface area (Å²) in [5, 5.41) is 10.3. The molecule has 2 saturated carbocycles. The minimum absolute atomic E-state index is 0.0574. The van der Waals surface area contributed by atoms with Gasteiger partial charge < -0.3 is 20.7 Å². The number of pyridine rings is 2. The second kappa shape index (κ2) is 10.3. The third-order valence-electron chi connectivity index (χ3n) is 7.76. The average Bonchev–Trinajstić information content (AvgIpc) is 3.27. The van der Waals surface area contributed by atoms with Crippen molar-refractivity contribution in [3.05, 3.63) is 59.9 Å². The topological polar surface area (TPSA) is 108 Å². The molecule has 0 unspecified atom stereocenters. The van der Waals surface area contributed by atoms with Crippen LogP contribution in [0.2, 0.25) is 0 Å². The molecule has 9 nitrogen and oxygen atoms in total. The third kappa shape index (κ3) is 4.73. The van der Waals surface area contributed by atoms with Crippen molar-refractivity contribution in [1.29, 1.82) is 0 Å². The molecule has 6 rings (SSSR count). The third-order valence-corrected chi connectivity index (χ3v) is 8.86. The summed E-state index contributed by atoms with van der Waals surface area (Å²) in [6.07, 6.45) is 10.8. The van der Waals surface area contributed by atoms with Crippen molar-refractivity contribution in [2.24, 2.45) is 0 Å². The Morgan fingerprint density at radius 3 is 2.59 bits per heavy atom. The number of nitrogens with zero attached hydrogens (tertiary/aromatic N) is 3. The van der Waals surface area contributed by atoms with Crippen LogP contribution in [0.25, 0.3) is 10.2 Å². The number of amides is 3. The minimum atomic E-state index is -0.348. The zero-order valence-electron chi connectivity index (χ0n) is 22.0. The first-order valence-corrected chi connectivity index (χ1v) is 14.3. The molecule has 0 aromatic carbocycles. The molecule has 10 heteroatoms. The van der Waals surface area contributed by atoms with E-state index in [9.17, 15) is 9.59 Å². The van der Waals surface area contributed by atoms with Crippen LogP contribution in [0.15, 0.2) is 49.3 Å². The van der Waals surface area contributed by atoms with Gasteiger partial charge >= 0.3 is 6.03 Å². The van der Waals surface area contributed by atoms with E-state index in [1.54, 1.807) is 23.2 Å². The van der Waals surface area contributed by atoms with Gasteiger partial charge in [-0.3, -0.25) is 9.69 Å². The molecule has 2 atom stereocenters. The first-order valence-electron chi connectivity index (χ1n) is 13.5. The van der Waals surface area contributed by atoms with Crippen LogP contribution in [0.1, 0.15) is 60.3 Å². The normalized spacial score (nSPS) is 20.6. The molecule has 202 valence electrons. The van der Waals surface area contributed by atoms with Gasteiger partial charge in [0.1, 0.15) is 15.8 Å². The Kier molecular flexibility index (Phi) is 6.72. The zero-order chi connectivity index (χ0) is 27.1. The Bertz CT molecular complexity index is 1480. The molecule has 0 bridgehead atoms. The Labute approximate surface area is 231 Å². The van der Waals surface area contributed by atoms with Crippen molar-refractivity contribution >= 4 is 50.6 Å². The number of thiophene rings is 1. The maximum Gasteiger partial charge on any atom is 0.331 e. The molecule has 1 aliphatic heterocycles. The van der Waals surface area contributed by atoms with Crippen molar-refractivity contribution in [1.82, 2.24) is 20.6 Å². The van der Waals surface area contributed by atoms with Gasteiger partial charge in [0.25, 0.3) is 5.91 Å². The Morgan fingerprint density at radius 2 is 1.90 bits per heavy atom. The number of aryl methyl sites for hydroxylation is 1. The molecule has 3 aromatic rings. The van der Waals surface area contributed by atoms with Crippen LogP contribution in [0.5, 0.6) is 5.88 Å². The lowest BCUT2D eigenvalue weighted by Gasteiger charge is -2.33. The van der Waals surface area contributed by atoms with Crippen LogP contribution >= 0.6 is 11.3 Å². The van der Waals surface area contributed by atoms with Gasteiger partial charge in [-0.15, -0.1) is 11.3 Å². The van der Waals surface area contributed by atoms with Gasteiger partial charge in [-0.25, -0.2) is 14.8 Å². The van der Waals surface area contributed by atoms with Crippen LogP contribution in [-0.4, -0.2) is 40.1 Å². The molecular formula is C29H32N6O3S. The quantitative estimate of drug-likeness (QED) is 0.303. The van der Waals surface area contributed by atoms with Crippen molar-refractivity contribution in [2.45, 2.75) is 70.1 Å². The number of rotatable bonds is 8. The predicted molar refractivity (Wildman–Crippen MR) is 154 cm³/mol. The highest BCUT2D eigenvalue weighted by Gasteiger charge is 2.35. The summed E-state index contributed by atoms with van der Waals surface area (Å²) in [5.41, 5.74) is 3.25. The molecule has 3 amide bonds. The number of carbonyl (C=O) groups is 2. The number of hydrogen-bond acceptors (Lipinski definition) is 7. The molecule has 3 aromatic heterocycles. The van der Waals surface area contributed by atoms with Crippen molar-refractivity contribution in [3.63, 3.8) is 0 Å². The Balaban J connectivity index is 1.30. The lowest BCUT2D eigenvalue weighted by atomic mass is 9.90. The van der Waals surface area contributed by atoms with Crippen LogP contribution in [-0.2, 0) is 0 Å². The van der Waals surface area contributed by atoms with Crippen LogP contribution in [0.4, 0.5) is 21.9 Å². The van der Waals surface area contributed by atoms with Gasteiger partial charge in [0.2, 0.25) is 5.88 Å². The van der Waals surface area contributed by atoms with E-state index in [0.29, 0.717) is 38.3 Å². The Hall–Kier alpha value is -3.92. The van der Waals surface area contributed by atoms with E-state index >= 15 is 0 Å². The van der Waals surface area contributed by atoms with Gasteiger partial charge in [0.15, 0.2) is 0 Å². The Morgan fingerprint density at radius 1 is 1.13 bits per heavy atom. The number of nitrogens with one attached hydrogen (secondary N) is 3. The minimum Gasteiger partial charge on any atom is -0.474 e. The van der Waals surface area contributed by atoms with Crippen LogP contribution in [0.3, 0.4) is 0 Å². The smallest absolute Gasteiger partial charge is 0.331 e. The summed E-state index contributed by atoms with van der Waals surface area (Å²) >= 11 is 1.29. The molecule has 0 spiro atoms. The maximum atomic E-state index is 13.6. The lowest BCUT2D eigenvalue weighted by molar-refractivity contribution is 0.0922. The highest BCUT2D eigenvalue weighted by molar-refractivity contribution is 7.21. The second-order valence-corrected chi connectivity index (χ2v) is 11.4. The highest BCUT2D eigenvalue weighted by atomic mass is 32.1. The van der Waals surface area contributed by atoms with Crippen molar-refractivity contribution in [3.8, 4) is 5.88 Å². The van der Waals surface area contributed by atoms with Crippen molar-refractivity contribution in [2.75, 3.05) is 10.2 Å². The first-order chi connectivity index (χ1) is 18.9. The van der Waals surface area contributed by atoms with E-state index in [0.717, 1.165) is 49.6 Å². The second-order valence-electron chi connectivity index (χ2n) is 10.4. The zero-order valence-corrected chi connectivity index (χ0v) is 22.8.